The highest BCUT2D eigenvalue weighted by atomic mass is 16.6. The predicted molar refractivity (Wildman–Crippen MR) is 134 cm³/mol. The molecule has 0 aromatic rings. The quantitative estimate of drug-likeness (QED) is 0.333. The van der Waals surface area contributed by atoms with Crippen molar-refractivity contribution in [3.63, 3.8) is 0 Å². The molecule has 0 N–H and O–H groups in total. The van der Waals surface area contributed by atoms with Gasteiger partial charge >= 0.3 is 5.97 Å². The Morgan fingerprint density at radius 1 is 1.11 bits per heavy atom. The minimum absolute atomic E-state index is 0.0608. The van der Waals surface area contributed by atoms with E-state index in [9.17, 15) is 4.79 Å². The third-order valence-corrected chi connectivity index (χ3v) is 12.3. The molecule has 35 heavy (non-hydrogen) atoms. The van der Waals surface area contributed by atoms with Crippen LogP contribution in [0.4, 0.5) is 0 Å². The average Bonchev–Trinajstić information content (AvgIpc) is 3.55. The van der Waals surface area contributed by atoms with Crippen LogP contribution in [0.5, 0.6) is 0 Å². The lowest BCUT2D eigenvalue weighted by Gasteiger charge is -2.55. The zero-order chi connectivity index (χ0) is 23.4. The molecule has 0 aromatic carbocycles. The second-order valence-corrected chi connectivity index (χ2v) is 14.1. The van der Waals surface area contributed by atoms with E-state index in [1.54, 1.807) is 5.57 Å². The van der Waals surface area contributed by atoms with E-state index in [2.05, 4.69) is 22.8 Å². The largest absolute Gasteiger partial charge is 0.462 e. The Morgan fingerprint density at radius 3 is 2.91 bits per heavy atom. The first kappa shape index (κ1) is 22.1. The van der Waals surface area contributed by atoms with Gasteiger partial charge in [0.25, 0.3) is 0 Å². The van der Waals surface area contributed by atoms with E-state index >= 15 is 0 Å². The topological polar surface area (TPSA) is 45.3 Å². The minimum atomic E-state index is 0.0608. The van der Waals surface area contributed by atoms with Crippen LogP contribution in [0, 0.1) is 35.0 Å². The molecule has 192 valence electrons. The fourth-order valence-corrected chi connectivity index (χ4v) is 10.7. The van der Waals surface area contributed by atoms with E-state index in [0.717, 1.165) is 50.4 Å². The number of likely N-dealkylation sites (tertiary alicyclic amines) is 1. The number of rotatable bonds is 2. The van der Waals surface area contributed by atoms with Gasteiger partial charge < -0.3 is 9.47 Å². The second kappa shape index (κ2) is 7.80. The number of hydrogen-bond donors (Lipinski definition) is 0. The maximum Gasteiger partial charge on any atom is 0.310 e. The summed E-state index contributed by atoms with van der Waals surface area (Å²) in [6.45, 7) is 8.07. The molecule has 0 unspecified atom stereocenters. The van der Waals surface area contributed by atoms with Gasteiger partial charge in [-0.2, -0.15) is 0 Å². The molecule has 5 aliphatic heterocycles. The molecule has 5 nitrogen and oxygen atoms in total. The molecule has 0 amide bonds. The first-order valence-electron chi connectivity index (χ1n) is 15.1. The summed E-state index contributed by atoms with van der Waals surface area (Å²) in [7, 11) is 0. The van der Waals surface area contributed by atoms with Crippen molar-refractivity contribution >= 4 is 5.97 Å². The summed E-state index contributed by atoms with van der Waals surface area (Å²) in [5.41, 5.74) is 2.15. The number of carbonyl (C=O) groups excluding carboxylic acids is 1. The zero-order valence-electron chi connectivity index (χ0n) is 21.6. The first-order chi connectivity index (χ1) is 17.0. The molecule has 5 heterocycles. The standard InChI is InChI=1S/C30H44N2O3/c1-29-8-5-9-30(18-34-30)26(29)14-22-23(28(33)35-25(22)15-29)17-32-11-4-6-19-12-20-13-21(27(19)32)16-31-10-3-2-7-24(20)31/h12,20-27H,2-11,13-18H2,1H3/t20-,21-,22+,23+,24+,25+,26+,27+,29+,30-/m0/s1. The van der Waals surface area contributed by atoms with Gasteiger partial charge in [0.15, 0.2) is 0 Å². The summed E-state index contributed by atoms with van der Waals surface area (Å²) in [5, 5.41) is 0. The average molecular weight is 481 g/mol. The zero-order valence-corrected chi connectivity index (χ0v) is 21.6. The molecule has 8 aliphatic rings. The van der Waals surface area contributed by atoms with Crippen LogP contribution in [0.25, 0.3) is 0 Å². The molecule has 2 bridgehead atoms. The fourth-order valence-electron chi connectivity index (χ4n) is 10.7. The van der Waals surface area contributed by atoms with Crippen LogP contribution in [-0.2, 0) is 14.3 Å². The molecule has 5 saturated heterocycles. The summed E-state index contributed by atoms with van der Waals surface area (Å²) >= 11 is 0. The van der Waals surface area contributed by atoms with E-state index in [-0.39, 0.29) is 29.0 Å². The van der Waals surface area contributed by atoms with E-state index < -0.39 is 0 Å². The van der Waals surface area contributed by atoms with Crippen molar-refractivity contribution in [3.05, 3.63) is 11.6 Å². The second-order valence-electron chi connectivity index (χ2n) is 14.1. The van der Waals surface area contributed by atoms with Crippen LogP contribution in [0.15, 0.2) is 11.6 Å². The number of nitrogens with zero attached hydrogens (tertiary/aromatic N) is 2. The number of epoxide rings is 1. The maximum absolute atomic E-state index is 13.4. The molecule has 3 aliphatic carbocycles. The molecule has 1 spiro atoms. The van der Waals surface area contributed by atoms with Crippen LogP contribution >= 0.6 is 0 Å². The number of hydrogen-bond acceptors (Lipinski definition) is 5. The van der Waals surface area contributed by atoms with Crippen molar-refractivity contribution in [3.8, 4) is 0 Å². The number of carbonyl (C=O) groups is 1. The molecule has 0 aromatic heterocycles. The molecule has 10 atom stereocenters. The minimum Gasteiger partial charge on any atom is -0.462 e. The maximum atomic E-state index is 13.4. The Balaban J connectivity index is 1.04. The highest BCUT2D eigenvalue weighted by Gasteiger charge is 2.65. The Morgan fingerprint density at radius 2 is 2.03 bits per heavy atom. The van der Waals surface area contributed by atoms with E-state index in [0.29, 0.717) is 17.9 Å². The van der Waals surface area contributed by atoms with Gasteiger partial charge in [0.2, 0.25) is 0 Å². The normalized spacial score (nSPS) is 53.2. The fraction of sp³-hybridized carbons (Fsp3) is 0.900. The lowest BCUT2D eigenvalue weighted by atomic mass is 9.53. The van der Waals surface area contributed by atoms with Crippen LogP contribution in [0.3, 0.4) is 0 Å². The van der Waals surface area contributed by atoms with Gasteiger partial charge in [0.1, 0.15) is 6.10 Å². The molecular weight excluding hydrogens is 436 g/mol. The van der Waals surface area contributed by atoms with Crippen LogP contribution in [-0.4, -0.2) is 72.3 Å². The predicted octanol–water partition coefficient (Wildman–Crippen LogP) is 4.41. The monoisotopic (exact) mass is 480 g/mol. The van der Waals surface area contributed by atoms with Gasteiger partial charge in [-0.1, -0.05) is 25.0 Å². The summed E-state index contributed by atoms with van der Waals surface area (Å²) in [5.74, 6) is 2.70. The van der Waals surface area contributed by atoms with Gasteiger partial charge in [-0.3, -0.25) is 14.6 Å². The molecule has 5 heteroatoms. The lowest BCUT2D eigenvalue weighted by molar-refractivity contribution is -0.147. The van der Waals surface area contributed by atoms with Crippen molar-refractivity contribution in [1.29, 1.82) is 0 Å². The third kappa shape index (κ3) is 3.32. The number of ether oxygens (including phenoxy) is 2. The van der Waals surface area contributed by atoms with Gasteiger partial charge in [-0.15, -0.1) is 0 Å². The molecular formula is C30H44N2O3. The van der Waals surface area contributed by atoms with Crippen molar-refractivity contribution in [2.45, 2.75) is 101 Å². The van der Waals surface area contributed by atoms with Crippen LogP contribution in [0.2, 0.25) is 0 Å². The summed E-state index contributed by atoms with van der Waals surface area (Å²) in [6.07, 6.45) is 16.9. The Bertz CT molecular complexity index is 929. The first-order valence-corrected chi connectivity index (χ1v) is 15.1. The highest BCUT2D eigenvalue weighted by Crippen LogP contribution is 2.63. The number of esters is 1. The Labute approximate surface area is 210 Å². The van der Waals surface area contributed by atoms with E-state index in [1.807, 2.05) is 0 Å². The number of fused-ring (bicyclic) bond motifs is 9. The smallest absolute Gasteiger partial charge is 0.310 e. The van der Waals surface area contributed by atoms with Crippen molar-refractivity contribution in [2.75, 3.05) is 32.8 Å². The van der Waals surface area contributed by atoms with E-state index in [4.69, 9.17) is 9.47 Å². The third-order valence-electron chi connectivity index (χ3n) is 12.3. The summed E-state index contributed by atoms with van der Waals surface area (Å²) in [4.78, 5) is 19.0. The summed E-state index contributed by atoms with van der Waals surface area (Å²) < 4.78 is 12.3. The molecule has 0 radical (unpaired) electrons. The number of piperidine rings is 3. The Kier molecular flexibility index (Phi) is 4.93. The van der Waals surface area contributed by atoms with Crippen LogP contribution < -0.4 is 0 Å². The summed E-state index contributed by atoms with van der Waals surface area (Å²) in [6, 6.07) is 1.37. The Hall–Kier alpha value is -0.910. The van der Waals surface area contributed by atoms with Gasteiger partial charge in [-0.25, -0.2) is 0 Å². The molecule has 7 fully saturated rings. The van der Waals surface area contributed by atoms with Gasteiger partial charge in [0.05, 0.1) is 18.1 Å². The van der Waals surface area contributed by atoms with Crippen molar-refractivity contribution in [1.82, 2.24) is 9.80 Å². The van der Waals surface area contributed by atoms with Crippen molar-refractivity contribution < 1.29 is 14.3 Å². The van der Waals surface area contributed by atoms with Gasteiger partial charge in [-0.05, 0) is 100 Å². The lowest BCUT2D eigenvalue weighted by Crippen LogP contribution is -2.60. The van der Waals surface area contributed by atoms with Crippen LogP contribution in [0.1, 0.15) is 77.6 Å². The molecule has 2 saturated carbocycles. The highest BCUT2D eigenvalue weighted by molar-refractivity contribution is 5.75. The van der Waals surface area contributed by atoms with E-state index in [1.165, 1.54) is 70.9 Å². The van der Waals surface area contributed by atoms with Gasteiger partial charge in [0, 0.05) is 31.1 Å². The SMILES string of the molecule is C[C@]12CCC[C@]3(CO3)[C@@H]1C[C@H]1[C@@H](C2)OC(=O)[C@@H]1CN1CCCC2=C[C@H]3C[C@@H](CN4CCCC[C@H]34)[C@@H]21. The van der Waals surface area contributed by atoms with Crippen molar-refractivity contribution in [2.24, 2.45) is 35.0 Å². The molecule has 8 rings (SSSR count).